The van der Waals surface area contributed by atoms with Crippen LogP contribution in [-0.4, -0.2) is 13.1 Å². The number of ether oxygens (including phenoxy) is 1. The first-order valence-corrected chi connectivity index (χ1v) is 4.94. The fourth-order valence-corrected chi connectivity index (χ4v) is 1.69. The van der Waals surface area contributed by atoms with Crippen molar-refractivity contribution in [2.24, 2.45) is 0 Å². The summed E-state index contributed by atoms with van der Waals surface area (Å²) >= 11 is 8.99. The maximum atomic E-state index is 11.1. The monoisotopic (exact) mass is 262 g/mol. The van der Waals surface area contributed by atoms with E-state index in [2.05, 4.69) is 20.7 Å². The highest BCUT2D eigenvalue weighted by atomic mass is 79.9. The van der Waals surface area contributed by atoms with Gasteiger partial charge < -0.3 is 4.74 Å². The van der Waals surface area contributed by atoms with Crippen LogP contribution >= 0.6 is 27.5 Å². The van der Waals surface area contributed by atoms with Crippen molar-refractivity contribution in [2.45, 2.75) is 5.88 Å². The highest BCUT2D eigenvalue weighted by molar-refractivity contribution is 9.10. The maximum absolute atomic E-state index is 11.1. The van der Waals surface area contributed by atoms with Crippen LogP contribution in [0, 0.1) is 0 Å². The zero-order chi connectivity index (χ0) is 9.84. The number of rotatable bonds is 2. The van der Waals surface area contributed by atoms with E-state index in [1.54, 1.807) is 18.2 Å². The van der Waals surface area contributed by atoms with Crippen molar-refractivity contribution in [3.8, 4) is 0 Å². The van der Waals surface area contributed by atoms with E-state index in [1.165, 1.54) is 7.11 Å². The van der Waals surface area contributed by atoms with Crippen LogP contribution in [-0.2, 0) is 10.6 Å². The van der Waals surface area contributed by atoms with Gasteiger partial charge in [-0.1, -0.05) is 15.9 Å². The first-order chi connectivity index (χ1) is 6.19. The molecular weight excluding hydrogens is 255 g/mol. The maximum Gasteiger partial charge on any atom is 0.337 e. The van der Waals surface area contributed by atoms with Crippen LogP contribution in [0.15, 0.2) is 22.7 Å². The molecule has 0 atom stereocenters. The summed E-state index contributed by atoms with van der Waals surface area (Å²) in [7, 11) is 1.35. The normalized spacial score (nSPS) is 9.77. The Kier molecular flexibility index (Phi) is 3.75. The number of methoxy groups -OCH3 is 1. The van der Waals surface area contributed by atoms with Gasteiger partial charge in [0.1, 0.15) is 0 Å². The Morgan fingerprint density at radius 2 is 2.31 bits per heavy atom. The fourth-order valence-electron chi connectivity index (χ4n) is 0.922. The van der Waals surface area contributed by atoms with Crippen LogP contribution in [0.3, 0.4) is 0 Å². The minimum absolute atomic E-state index is 0.348. The quantitative estimate of drug-likeness (QED) is 0.606. The molecule has 13 heavy (non-hydrogen) atoms. The number of carbonyl (C=O) groups excluding carboxylic acids is 1. The van der Waals surface area contributed by atoms with Gasteiger partial charge in [0, 0.05) is 10.4 Å². The molecule has 0 aliphatic carbocycles. The molecule has 0 aliphatic rings. The molecule has 0 fully saturated rings. The second kappa shape index (κ2) is 4.63. The smallest absolute Gasteiger partial charge is 0.337 e. The van der Waals surface area contributed by atoms with Crippen LogP contribution < -0.4 is 0 Å². The lowest BCUT2D eigenvalue weighted by Crippen LogP contribution is -2.01. The Balaban J connectivity index is 3.06. The van der Waals surface area contributed by atoms with Crippen molar-refractivity contribution >= 4 is 33.5 Å². The van der Waals surface area contributed by atoms with E-state index < -0.39 is 0 Å². The van der Waals surface area contributed by atoms with E-state index in [1.807, 2.05) is 0 Å². The number of benzene rings is 1. The molecule has 1 aromatic carbocycles. The third-order valence-corrected chi connectivity index (χ3v) is 2.67. The van der Waals surface area contributed by atoms with E-state index in [-0.39, 0.29) is 5.97 Å². The van der Waals surface area contributed by atoms with Crippen LogP contribution in [0.4, 0.5) is 0 Å². The molecule has 0 unspecified atom stereocenters. The van der Waals surface area contributed by atoms with Crippen molar-refractivity contribution in [1.82, 2.24) is 0 Å². The molecule has 1 rings (SSSR count). The van der Waals surface area contributed by atoms with Crippen molar-refractivity contribution < 1.29 is 9.53 Å². The topological polar surface area (TPSA) is 26.3 Å². The summed E-state index contributed by atoms with van der Waals surface area (Å²) in [6, 6.07) is 5.18. The molecule has 1 aromatic rings. The second-order valence-corrected chi connectivity index (χ2v) is 3.55. The van der Waals surface area contributed by atoms with Crippen molar-refractivity contribution in [2.75, 3.05) is 7.11 Å². The third-order valence-electron chi connectivity index (χ3n) is 1.61. The highest BCUT2D eigenvalue weighted by Gasteiger charge is 2.07. The van der Waals surface area contributed by atoms with E-state index in [0.717, 1.165) is 10.0 Å². The largest absolute Gasteiger partial charge is 0.465 e. The van der Waals surface area contributed by atoms with E-state index in [9.17, 15) is 4.79 Å². The van der Waals surface area contributed by atoms with Gasteiger partial charge in [-0.15, -0.1) is 11.6 Å². The molecule has 0 heterocycles. The van der Waals surface area contributed by atoms with Gasteiger partial charge in [0.15, 0.2) is 0 Å². The molecule has 4 heteroatoms. The number of carbonyl (C=O) groups is 1. The molecule has 0 saturated carbocycles. The van der Waals surface area contributed by atoms with Gasteiger partial charge in [-0.3, -0.25) is 0 Å². The molecule has 0 amide bonds. The summed E-state index contributed by atoms with van der Waals surface area (Å²) in [5.41, 5.74) is 1.39. The summed E-state index contributed by atoms with van der Waals surface area (Å²) < 4.78 is 5.48. The predicted molar refractivity (Wildman–Crippen MR) is 55.0 cm³/mol. The average Bonchev–Trinajstić information content (AvgIpc) is 2.17. The molecule has 0 spiro atoms. The number of alkyl halides is 1. The Bertz CT molecular complexity index is 325. The average molecular weight is 264 g/mol. The van der Waals surface area contributed by atoms with Gasteiger partial charge >= 0.3 is 5.97 Å². The van der Waals surface area contributed by atoms with Crippen molar-refractivity contribution in [3.05, 3.63) is 33.8 Å². The number of esters is 1. The molecule has 0 saturated heterocycles. The Labute approximate surface area is 90.0 Å². The first kappa shape index (κ1) is 10.5. The SMILES string of the molecule is COC(=O)c1ccc(Br)c(CCl)c1. The Morgan fingerprint density at radius 1 is 1.62 bits per heavy atom. The summed E-state index contributed by atoms with van der Waals surface area (Å²) in [6.45, 7) is 0. The lowest BCUT2D eigenvalue weighted by molar-refractivity contribution is 0.0600. The molecule has 70 valence electrons. The minimum Gasteiger partial charge on any atom is -0.465 e. The number of halogens is 2. The van der Waals surface area contributed by atoms with Crippen molar-refractivity contribution in [3.63, 3.8) is 0 Å². The van der Waals surface area contributed by atoms with Crippen LogP contribution in [0.1, 0.15) is 15.9 Å². The minimum atomic E-state index is -0.348. The fraction of sp³-hybridized carbons (Fsp3) is 0.222. The number of hydrogen-bond donors (Lipinski definition) is 0. The van der Waals surface area contributed by atoms with Gasteiger partial charge in [-0.05, 0) is 23.8 Å². The van der Waals surface area contributed by atoms with Gasteiger partial charge in [-0.25, -0.2) is 4.79 Å². The summed E-state index contributed by atoms with van der Waals surface area (Å²) in [5.74, 6) is 0.0182. The zero-order valence-electron chi connectivity index (χ0n) is 7.01. The third kappa shape index (κ3) is 2.45. The van der Waals surface area contributed by atoms with Crippen molar-refractivity contribution in [1.29, 1.82) is 0 Å². The summed E-state index contributed by atoms with van der Waals surface area (Å²) in [6.07, 6.45) is 0. The van der Waals surface area contributed by atoms with E-state index >= 15 is 0 Å². The Hall–Kier alpha value is -0.540. The predicted octanol–water partition coefficient (Wildman–Crippen LogP) is 2.97. The molecule has 0 N–H and O–H groups in total. The van der Waals surface area contributed by atoms with E-state index in [4.69, 9.17) is 11.6 Å². The standard InChI is InChI=1S/C9H8BrClO2/c1-13-9(12)6-2-3-8(10)7(4-6)5-11/h2-4H,5H2,1H3. The lowest BCUT2D eigenvalue weighted by atomic mass is 10.1. The van der Waals surface area contributed by atoms with Gasteiger partial charge in [0.25, 0.3) is 0 Å². The molecule has 0 radical (unpaired) electrons. The summed E-state index contributed by atoms with van der Waals surface area (Å²) in [5, 5.41) is 0. The second-order valence-electron chi connectivity index (χ2n) is 2.43. The molecule has 0 bridgehead atoms. The first-order valence-electron chi connectivity index (χ1n) is 3.61. The lowest BCUT2D eigenvalue weighted by Gasteiger charge is -2.03. The van der Waals surface area contributed by atoms with Gasteiger partial charge in [-0.2, -0.15) is 0 Å². The summed E-state index contributed by atoms with van der Waals surface area (Å²) in [4.78, 5) is 11.1. The highest BCUT2D eigenvalue weighted by Crippen LogP contribution is 2.20. The Morgan fingerprint density at radius 3 is 2.85 bits per heavy atom. The molecule has 0 aliphatic heterocycles. The van der Waals surface area contributed by atoms with E-state index in [0.29, 0.717) is 11.4 Å². The number of hydrogen-bond acceptors (Lipinski definition) is 2. The van der Waals surface area contributed by atoms with Gasteiger partial charge in [0.05, 0.1) is 12.7 Å². The van der Waals surface area contributed by atoms with Crippen LogP contribution in [0.2, 0.25) is 0 Å². The molecule has 0 aromatic heterocycles. The van der Waals surface area contributed by atoms with Crippen LogP contribution in [0.5, 0.6) is 0 Å². The molecule has 2 nitrogen and oxygen atoms in total. The zero-order valence-corrected chi connectivity index (χ0v) is 9.35. The molecular formula is C9H8BrClO2. The van der Waals surface area contributed by atoms with Crippen LogP contribution in [0.25, 0.3) is 0 Å². The van der Waals surface area contributed by atoms with Gasteiger partial charge in [0.2, 0.25) is 0 Å².